The molecule has 0 bridgehead atoms. The van der Waals surface area contributed by atoms with Crippen LogP contribution in [-0.2, 0) is 14.8 Å². The van der Waals surface area contributed by atoms with Crippen LogP contribution in [0.15, 0.2) is 53.4 Å². The summed E-state index contributed by atoms with van der Waals surface area (Å²) in [6.45, 7) is 1.70. The Labute approximate surface area is 198 Å². The first kappa shape index (κ1) is 23.1. The third-order valence-corrected chi connectivity index (χ3v) is 8.69. The molecule has 1 fully saturated rings. The molecule has 1 amide bonds. The molecule has 170 valence electrons. The molecule has 0 radical (unpaired) electrons. The summed E-state index contributed by atoms with van der Waals surface area (Å²) < 4.78 is 27.4. The van der Waals surface area contributed by atoms with Crippen molar-refractivity contribution in [1.29, 1.82) is 0 Å². The van der Waals surface area contributed by atoms with E-state index >= 15 is 0 Å². The average Bonchev–Trinajstić information content (AvgIpc) is 2.81. The molecule has 1 N–H and O–H groups in total. The molecule has 32 heavy (non-hydrogen) atoms. The highest BCUT2D eigenvalue weighted by atomic mass is 35.5. The fourth-order valence-electron chi connectivity index (χ4n) is 4.22. The molecule has 2 heterocycles. The van der Waals surface area contributed by atoms with Gasteiger partial charge >= 0.3 is 0 Å². The fourth-order valence-corrected chi connectivity index (χ4v) is 6.43. The van der Waals surface area contributed by atoms with Gasteiger partial charge in [-0.05, 0) is 60.7 Å². The number of halogens is 2. The summed E-state index contributed by atoms with van der Waals surface area (Å²) in [4.78, 5) is 14.9. The molecule has 0 aliphatic carbocycles. The quantitative estimate of drug-likeness (QED) is 0.682. The second-order valence-electron chi connectivity index (χ2n) is 8.06. The zero-order valence-electron chi connectivity index (χ0n) is 17.4. The second-order valence-corrected chi connectivity index (χ2v) is 10.8. The van der Waals surface area contributed by atoms with Gasteiger partial charge in [0.1, 0.15) is 10.6 Å². The Kier molecular flexibility index (Phi) is 6.81. The van der Waals surface area contributed by atoms with Gasteiger partial charge in [0.2, 0.25) is 15.9 Å². The Morgan fingerprint density at radius 1 is 1.00 bits per heavy atom. The summed E-state index contributed by atoms with van der Waals surface area (Å²) in [7, 11) is -3.77. The predicted molar refractivity (Wildman–Crippen MR) is 125 cm³/mol. The maximum atomic E-state index is 13.0. The molecule has 4 rings (SSSR count). The Bertz CT molecular complexity index is 1140. The van der Waals surface area contributed by atoms with Crippen molar-refractivity contribution in [3.8, 4) is 5.75 Å². The van der Waals surface area contributed by atoms with Crippen molar-refractivity contribution in [1.82, 2.24) is 9.21 Å². The maximum Gasteiger partial charge on any atom is 0.244 e. The number of phenolic OH excluding ortho intramolecular Hbond substituents is 1. The van der Waals surface area contributed by atoms with Crippen LogP contribution in [-0.4, -0.2) is 54.8 Å². The summed E-state index contributed by atoms with van der Waals surface area (Å²) in [6, 6.07) is 11.5. The predicted octanol–water partition coefficient (Wildman–Crippen LogP) is 4.42. The molecule has 2 aliphatic heterocycles. The SMILES string of the molecule is O=C(C1CCN(S(=O)(=O)c2cc(Cl)ccc2Cl)CC1)N1CC=C(c2ccc(O)cc2)CC1. The van der Waals surface area contributed by atoms with Crippen LogP contribution in [0.2, 0.25) is 10.0 Å². The van der Waals surface area contributed by atoms with Gasteiger partial charge < -0.3 is 10.0 Å². The van der Waals surface area contributed by atoms with Gasteiger partial charge in [-0.1, -0.05) is 41.4 Å². The average molecular weight is 495 g/mol. The normalized spacial score (nSPS) is 18.4. The molecule has 0 aromatic heterocycles. The van der Waals surface area contributed by atoms with Gasteiger partial charge in [0.05, 0.1) is 5.02 Å². The van der Waals surface area contributed by atoms with E-state index in [1.165, 1.54) is 16.4 Å². The second kappa shape index (κ2) is 9.43. The molecule has 2 aromatic rings. The Morgan fingerprint density at radius 3 is 2.31 bits per heavy atom. The molecular weight excluding hydrogens is 471 g/mol. The summed E-state index contributed by atoms with van der Waals surface area (Å²) in [6.07, 6.45) is 3.74. The van der Waals surface area contributed by atoms with E-state index in [-0.39, 0.29) is 40.6 Å². The zero-order valence-corrected chi connectivity index (χ0v) is 19.7. The smallest absolute Gasteiger partial charge is 0.244 e. The largest absolute Gasteiger partial charge is 0.508 e. The molecule has 0 saturated carbocycles. The van der Waals surface area contributed by atoms with Crippen LogP contribution in [0.5, 0.6) is 5.75 Å². The zero-order chi connectivity index (χ0) is 22.9. The topological polar surface area (TPSA) is 77.9 Å². The van der Waals surface area contributed by atoms with Gasteiger partial charge in [-0.25, -0.2) is 8.42 Å². The maximum absolute atomic E-state index is 13.0. The lowest BCUT2D eigenvalue weighted by atomic mass is 9.94. The number of phenols is 1. The Hall–Kier alpha value is -2.06. The minimum atomic E-state index is -3.77. The van der Waals surface area contributed by atoms with Gasteiger partial charge in [-0.15, -0.1) is 0 Å². The minimum Gasteiger partial charge on any atom is -0.508 e. The van der Waals surface area contributed by atoms with Crippen LogP contribution in [0.3, 0.4) is 0 Å². The third-order valence-electron chi connectivity index (χ3n) is 6.07. The van der Waals surface area contributed by atoms with E-state index in [4.69, 9.17) is 23.2 Å². The first-order valence-corrected chi connectivity index (χ1v) is 12.7. The highest BCUT2D eigenvalue weighted by Crippen LogP contribution is 2.31. The monoisotopic (exact) mass is 494 g/mol. The van der Waals surface area contributed by atoms with Crippen molar-refractivity contribution in [2.75, 3.05) is 26.2 Å². The molecular formula is C23H24Cl2N2O4S. The number of hydrogen-bond donors (Lipinski definition) is 1. The van der Waals surface area contributed by atoms with E-state index in [0.29, 0.717) is 31.0 Å². The number of benzene rings is 2. The number of aromatic hydroxyl groups is 1. The number of piperidine rings is 1. The van der Waals surface area contributed by atoms with E-state index in [1.807, 2.05) is 17.0 Å². The third kappa shape index (κ3) is 4.81. The van der Waals surface area contributed by atoms with E-state index in [0.717, 1.165) is 17.6 Å². The lowest BCUT2D eigenvalue weighted by Crippen LogP contribution is -2.45. The van der Waals surface area contributed by atoms with Crippen molar-refractivity contribution in [3.63, 3.8) is 0 Å². The van der Waals surface area contributed by atoms with Crippen LogP contribution >= 0.6 is 23.2 Å². The van der Waals surface area contributed by atoms with Crippen LogP contribution in [0.25, 0.3) is 5.57 Å². The van der Waals surface area contributed by atoms with Crippen molar-refractivity contribution in [3.05, 3.63) is 64.1 Å². The van der Waals surface area contributed by atoms with E-state index < -0.39 is 10.0 Å². The molecule has 0 unspecified atom stereocenters. The molecule has 2 aromatic carbocycles. The van der Waals surface area contributed by atoms with Crippen LogP contribution in [0.1, 0.15) is 24.8 Å². The number of sulfonamides is 1. The summed E-state index contributed by atoms with van der Waals surface area (Å²) in [5.74, 6) is 0.108. The standard InChI is InChI=1S/C23H24Cl2N2O4S/c24-19-3-6-21(25)22(15-19)32(30,31)27-13-9-18(10-14-27)23(29)26-11-7-17(8-12-26)16-1-4-20(28)5-2-16/h1-7,15,18,28H,8-14H2. The van der Waals surface area contributed by atoms with E-state index in [9.17, 15) is 18.3 Å². The van der Waals surface area contributed by atoms with Crippen LogP contribution in [0.4, 0.5) is 0 Å². The van der Waals surface area contributed by atoms with Crippen molar-refractivity contribution in [2.24, 2.45) is 5.92 Å². The highest BCUT2D eigenvalue weighted by molar-refractivity contribution is 7.89. The van der Waals surface area contributed by atoms with Gasteiger partial charge in [0, 0.05) is 37.1 Å². The number of amides is 1. The summed E-state index contributed by atoms with van der Waals surface area (Å²) in [5.41, 5.74) is 2.21. The minimum absolute atomic E-state index is 0.000582. The van der Waals surface area contributed by atoms with E-state index in [2.05, 4.69) is 6.08 Å². The first-order valence-electron chi connectivity index (χ1n) is 10.5. The van der Waals surface area contributed by atoms with Gasteiger partial charge in [0.15, 0.2) is 0 Å². The Balaban J connectivity index is 1.37. The lowest BCUT2D eigenvalue weighted by Gasteiger charge is -2.35. The number of rotatable bonds is 4. The molecule has 2 aliphatic rings. The highest BCUT2D eigenvalue weighted by Gasteiger charge is 2.35. The molecule has 0 atom stereocenters. The molecule has 1 saturated heterocycles. The lowest BCUT2D eigenvalue weighted by molar-refractivity contribution is -0.136. The van der Waals surface area contributed by atoms with Gasteiger partial charge in [-0.2, -0.15) is 4.31 Å². The molecule has 9 heteroatoms. The van der Waals surface area contributed by atoms with Crippen LogP contribution in [0, 0.1) is 5.92 Å². The van der Waals surface area contributed by atoms with Crippen molar-refractivity contribution >= 4 is 44.7 Å². The number of carbonyl (C=O) groups excluding carboxylic acids is 1. The van der Waals surface area contributed by atoms with Crippen molar-refractivity contribution in [2.45, 2.75) is 24.2 Å². The van der Waals surface area contributed by atoms with Gasteiger partial charge in [0.25, 0.3) is 0 Å². The fraction of sp³-hybridized carbons (Fsp3) is 0.348. The Morgan fingerprint density at radius 2 is 1.69 bits per heavy atom. The summed E-state index contributed by atoms with van der Waals surface area (Å²) >= 11 is 12.1. The molecule has 0 spiro atoms. The van der Waals surface area contributed by atoms with Crippen molar-refractivity contribution < 1.29 is 18.3 Å². The number of nitrogens with zero attached hydrogens (tertiary/aromatic N) is 2. The van der Waals surface area contributed by atoms with Crippen LogP contribution < -0.4 is 0 Å². The number of carbonyl (C=O) groups is 1. The number of hydrogen-bond acceptors (Lipinski definition) is 4. The first-order chi connectivity index (χ1) is 15.3. The van der Waals surface area contributed by atoms with E-state index in [1.54, 1.807) is 18.2 Å². The molecule has 6 nitrogen and oxygen atoms in total. The van der Waals surface area contributed by atoms with Gasteiger partial charge in [-0.3, -0.25) is 4.79 Å². The summed E-state index contributed by atoms with van der Waals surface area (Å²) in [5, 5.41) is 9.89.